The van der Waals surface area contributed by atoms with Crippen LogP contribution < -0.4 is 10.3 Å². The molecule has 0 atom stereocenters. The molecule has 0 saturated carbocycles. The van der Waals surface area contributed by atoms with Gasteiger partial charge in [-0.15, -0.1) is 0 Å². The van der Waals surface area contributed by atoms with Gasteiger partial charge in [-0.2, -0.15) is 10.2 Å². The van der Waals surface area contributed by atoms with E-state index in [0.29, 0.717) is 17.2 Å². The Morgan fingerprint density at radius 3 is 2.42 bits per heavy atom. The lowest BCUT2D eigenvalue weighted by Crippen LogP contribution is -2.19. The molecule has 36 heavy (non-hydrogen) atoms. The van der Waals surface area contributed by atoms with Crippen LogP contribution in [0.15, 0.2) is 77.7 Å². The molecule has 0 amide bonds. The lowest BCUT2D eigenvalue weighted by molar-refractivity contribution is 0.460. The third kappa shape index (κ3) is 4.14. The van der Waals surface area contributed by atoms with Gasteiger partial charge in [0.15, 0.2) is 5.82 Å². The third-order valence-electron chi connectivity index (χ3n) is 6.11. The number of benzene rings is 2. The van der Waals surface area contributed by atoms with Crippen LogP contribution in [-0.2, 0) is 12.5 Å². The number of ether oxygens (including phenoxy) is 1. The van der Waals surface area contributed by atoms with Crippen molar-refractivity contribution in [2.24, 2.45) is 7.05 Å². The molecule has 0 N–H and O–H groups in total. The molecule has 0 aliphatic carbocycles. The number of fused-ring (bicyclic) bond motifs is 2. The molecule has 178 valence electrons. The minimum Gasteiger partial charge on any atom is -0.438 e. The van der Waals surface area contributed by atoms with E-state index in [0.717, 1.165) is 16.6 Å². The van der Waals surface area contributed by atoms with Crippen molar-refractivity contribution >= 4 is 28.3 Å². The van der Waals surface area contributed by atoms with Crippen molar-refractivity contribution in [3.63, 3.8) is 0 Å². The number of nitrogens with zero attached hydrogens (tertiary/aromatic N) is 5. The summed E-state index contributed by atoms with van der Waals surface area (Å²) in [5.41, 5.74) is 3.32. The fraction of sp³-hybridized carbons (Fsp3) is 0.172. The summed E-state index contributed by atoms with van der Waals surface area (Å²) in [6, 6.07) is 22.9. The third-order valence-corrected chi connectivity index (χ3v) is 6.11. The molecule has 0 saturated heterocycles. The Hall–Kier alpha value is -4.70. The lowest BCUT2D eigenvalue weighted by atomic mass is 9.87. The summed E-state index contributed by atoms with van der Waals surface area (Å²) >= 11 is 0. The van der Waals surface area contributed by atoms with Crippen molar-refractivity contribution in [1.82, 2.24) is 18.9 Å². The van der Waals surface area contributed by atoms with Crippen LogP contribution in [0.4, 0.5) is 0 Å². The maximum absolute atomic E-state index is 13.5. The van der Waals surface area contributed by atoms with Gasteiger partial charge in [-0.1, -0.05) is 51.1 Å². The largest absolute Gasteiger partial charge is 0.438 e. The predicted molar refractivity (Wildman–Crippen MR) is 141 cm³/mol. The molecule has 3 heterocycles. The first-order valence-electron chi connectivity index (χ1n) is 11.6. The summed E-state index contributed by atoms with van der Waals surface area (Å²) in [6.45, 7) is 6.42. The highest BCUT2D eigenvalue weighted by atomic mass is 16.5. The highest BCUT2D eigenvalue weighted by Crippen LogP contribution is 2.29. The van der Waals surface area contributed by atoms with Gasteiger partial charge in [0.05, 0.1) is 16.6 Å². The van der Waals surface area contributed by atoms with E-state index in [2.05, 4.69) is 36.8 Å². The zero-order valence-electron chi connectivity index (χ0n) is 20.6. The van der Waals surface area contributed by atoms with Gasteiger partial charge in [0, 0.05) is 13.2 Å². The zero-order valence-corrected chi connectivity index (χ0v) is 20.6. The number of allylic oxidation sites excluding steroid dienone is 1. The number of aromatic nitrogens is 4. The van der Waals surface area contributed by atoms with Crippen molar-refractivity contribution in [3.8, 4) is 17.7 Å². The monoisotopic (exact) mass is 475 g/mol. The molecule has 7 nitrogen and oxygen atoms in total. The average molecular weight is 476 g/mol. The average Bonchev–Trinajstić information content (AvgIpc) is 3.20. The van der Waals surface area contributed by atoms with Crippen LogP contribution in [0.2, 0.25) is 0 Å². The number of para-hydroxylation sites is 2. The number of pyridine rings is 1. The topological polar surface area (TPSA) is 85.2 Å². The first-order valence-corrected chi connectivity index (χ1v) is 11.6. The van der Waals surface area contributed by atoms with Crippen LogP contribution in [0, 0.1) is 11.3 Å². The van der Waals surface area contributed by atoms with Gasteiger partial charge in [-0.05, 0) is 53.5 Å². The van der Waals surface area contributed by atoms with Crippen LogP contribution >= 0.6 is 0 Å². The summed E-state index contributed by atoms with van der Waals surface area (Å²) in [5, 5.41) is 10.0. The highest BCUT2D eigenvalue weighted by molar-refractivity contribution is 5.91. The van der Waals surface area contributed by atoms with E-state index in [9.17, 15) is 10.1 Å². The van der Waals surface area contributed by atoms with Gasteiger partial charge < -0.3 is 9.30 Å². The smallest absolute Gasteiger partial charge is 0.269 e. The quantitative estimate of drug-likeness (QED) is 0.310. The standard InChI is InChI=1S/C29H25N5O2/c1-29(2,3)20-12-14-21(15-13-20)36-27-22(28(35)34-16-8-7-11-25(34)32-27)17-19(18-30)26-31-23-9-5-6-10-24(23)33(26)4/h5-17H,1-4H3/b19-17+. The summed E-state index contributed by atoms with van der Waals surface area (Å²) in [5.74, 6) is 1.13. The van der Waals surface area contributed by atoms with E-state index in [-0.39, 0.29) is 28.0 Å². The maximum Gasteiger partial charge on any atom is 0.269 e. The zero-order chi connectivity index (χ0) is 25.4. The molecule has 0 fully saturated rings. The number of hydrogen-bond donors (Lipinski definition) is 0. The van der Waals surface area contributed by atoms with Crippen molar-refractivity contribution in [2.75, 3.05) is 0 Å². The Balaban J connectivity index is 1.67. The van der Waals surface area contributed by atoms with Gasteiger partial charge in [-0.25, -0.2) is 4.98 Å². The van der Waals surface area contributed by atoms with E-state index in [1.807, 2.05) is 60.1 Å². The fourth-order valence-electron chi connectivity index (χ4n) is 4.10. The second kappa shape index (κ2) is 8.82. The predicted octanol–water partition coefficient (Wildman–Crippen LogP) is 5.74. The molecule has 0 bridgehead atoms. The number of rotatable bonds is 4. The highest BCUT2D eigenvalue weighted by Gasteiger charge is 2.19. The van der Waals surface area contributed by atoms with Crippen LogP contribution in [-0.4, -0.2) is 18.9 Å². The van der Waals surface area contributed by atoms with E-state index in [1.165, 1.54) is 10.5 Å². The van der Waals surface area contributed by atoms with Crippen LogP contribution in [0.3, 0.4) is 0 Å². The number of imidazole rings is 1. The van der Waals surface area contributed by atoms with E-state index >= 15 is 0 Å². The van der Waals surface area contributed by atoms with Crippen molar-refractivity contribution in [3.05, 3.63) is 100 Å². The molecule has 3 aromatic heterocycles. The second-order valence-electron chi connectivity index (χ2n) is 9.59. The Labute approximate surface area is 208 Å². The Morgan fingerprint density at radius 2 is 1.72 bits per heavy atom. The molecule has 2 aromatic carbocycles. The van der Waals surface area contributed by atoms with E-state index < -0.39 is 0 Å². The van der Waals surface area contributed by atoms with Crippen LogP contribution in [0.1, 0.15) is 37.7 Å². The van der Waals surface area contributed by atoms with Crippen LogP contribution in [0.5, 0.6) is 11.6 Å². The Morgan fingerprint density at radius 1 is 1.00 bits per heavy atom. The molecule has 5 aromatic rings. The van der Waals surface area contributed by atoms with Crippen LogP contribution in [0.25, 0.3) is 28.3 Å². The number of hydrogen-bond acceptors (Lipinski definition) is 5. The molecule has 0 unspecified atom stereocenters. The first-order chi connectivity index (χ1) is 17.3. The van der Waals surface area contributed by atoms with Gasteiger partial charge >= 0.3 is 0 Å². The Kier molecular flexibility index (Phi) is 5.65. The molecule has 0 aliphatic rings. The summed E-state index contributed by atoms with van der Waals surface area (Å²) in [7, 11) is 1.84. The number of nitriles is 1. The normalized spacial score (nSPS) is 12.1. The minimum absolute atomic E-state index is 0.000236. The van der Waals surface area contributed by atoms with Gasteiger partial charge in [0.1, 0.15) is 23.0 Å². The maximum atomic E-state index is 13.5. The molecule has 7 heteroatoms. The molecule has 5 rings (SSSR count). The van der Waals surface area contributed by atoms with E-state index in [1.54, 1.807) is 24.4 Å². The minimum atomic E-state index is -0.339. The van der Waals surface area contributed by atoms with Crippen molar-refractivity contribution < 1.29 is 4.74 Å². The van der Waals surface area contributed by atoms with E-state index in [4.69, 9.17) is 4.74 Å². The summed E-state index contributed by atoms with van der Waals surface area (Å²) in [6.07, 6.45) is 3.15. The summed E-state index contributed by atoms with van der Waals surface area (Å²) in [4.78, 5) is 22.8. The fourth-order valence-corrected chi connectivity index (χ4v) is 4.10. The molecular formula is C29H25N5O2. The summed E-state index contributed by atoms with van der Waals surface area (Å²) < 4.78 is 9.40. The van der Waals surface area contributed by atoms with Gasteiger partial charge in [0.2, 0.25) is 5.88 Å². The van der Waals surface area contributed by atoms with Gasteiger partial charge in [-0.3, -0.25) is 9.20 Å². The molecule has 0 aliphatic heterocycles. The molecular weight excluding hydrogens is 450 g/mol. The SMILES string of the molecule is Cn1c(/C(C#N)=C/c2c(Oc3ccc(C(C)(C)C)cc3)nc3ccccn3c2=O)nc2ccccc21. The number of aryl methyl sites for hydroxylation is 1. The Bertz CT molecular complexity index is 1730. The lowest BCUT2D eigenvalue weighted by Gasteiger charge is -2.19. The molecule has 0 spiro atoms. The van der Waals surface area contributed by atoms with Gasteiger partial charge in [0.25, 0.3) is 5.56 Å². The second-order valence-corrected chi connectivity index (χ2v) is 9.59. The van der Waals surface area contributed by atoms with Crippen molar-refractivity contribution in [1.29, 1.82) is 5.26 Å². The first kappa shape index (κ1) is 23.1. The molecule has 0 radical (unpaired) electrons. The van der Waals surface area contributed by atoms with Crippen molar-refractivity contribution in [2.45, 2.75) is 26.2 Å².